The van der Waals surface area contributed by atoms with Gasteiger partial charge in [-0.1, -0.05) is 45.2 Å². The van der Waals surface area contributed by atoms with Crippen LogP contribution in [0.4, 0.5) is 4.39 Å². The van der Waals surface area contributed by atoms with Gasteiger partial charge in [-0.15, -0.1) is 0 Å². The summed E-state index contributed by atoms with van der Waals surface area (Å²) in [4.78, 5) is -0.348. The van der Waals surface area contributed by atoms with Crippen molar-refractivity contribution in [3.05, 3.63) is 63.4 Å². The Morgan fingerprint density at radius 2 is 1.79 bits per heavy atom. The number of methoxy groups -OCH3 is 1. The van der Waals surface area contributed by atoms with E-state index < -0.39 is 0 Å². The maximum Gasteiger partial charge on any atom is 0.123 e. The maximum atomic E-state index is 13.4. The molecule has 0 heterocycles. The van der Waals surface area contributed by atoms with Crippen LogP contribution in [0.25, 0.3) is 0 Å². The van der Waals surface area contributed by atoms with Gasteiger partial charge in [-0.3, -0.25) is 0 Å². The van der Waals surface area contributed by atoms with Crippen molar-refractivity contribution in [3.8, 4) is 5.75 Å². The molecule has 0 bridgehead atoms. The predicted molar refractivity (Wildman–Crippen MR) is 80.2 cm³/mol. The summed E-state index contributed by atoms with van der Waals surface area (Å²) in [5, 5.41) is 1.03. The van der Waals surface area contributed by atoms with Gasteiger partial charge in [-0.2, -0.15) is 0 Å². The van der Waals surface area contributed by atoms with Gasteiger partial charge in [0.1, 0.15) is 11.6 Å². The van der Waals surface area contributed by atoms with Crippen LogP contribution in [0.5, 0.6) is 5.75 Å². The zero-order valence-electron chi connectivity index (χ0n) is 9.96. The van der Waals surface area contributed by atoms with Gasteiger partial charge in [0.05, 0.1) is 11.9 Å². The molecular formula is C14H10BrCl2FO. The Balaban J connectivity index is 2.55. The Morgan fingerprint density at radius 1 is 1.16 bits per heavy atom. The lowest BCUT2D eigenvalue weighted by molar-refractivity contribution is 0.409. The van der Waals surface area contributed by atoms with Crippen LogP contribution in [0.2, 0.25) is 10.0 Å². The van der Waals surface area contributed by atoms with Crippen molar-refractivity contribution < 1.29 is 9.13 Å². The first kappa shape index (κ1) is 14.6. The van der Waals surface area contributed by atoms with Crippen LogP contribution in [0.3, 0.4) is 0 Å². The second kappa shape index (κ2) is 6.12. The highest BCUT2D eigenvalue weighted by molar-refractivity contribution is 9.09. The zero-order chi connectivity index (χ0) is 14.0. The van der Waals surface area contributed by atoms with E-state index in [2.05, 4.69) is 15.9 Å². The minimum absolute atomic E-state index is 0.344. The molecule has 1 nitrogen and oxygen atoms in total. The fourth-order valence-electron chi connectivity index (χ4n) is 1.81. The summed E-state index contributed by atoms with van der Waals surface area (Å²) in [6.07, 6.45) is 0. The molecule has 0 aliphatic carbocycles. The monoisotopic (exact) mass is 362 g/mol. The van der Waals surface area contributed by atoms with Crippen molar-refractivity contribution in [1.82, 2.24) is 0 Å². The van der Waals surface area contributed by atoms with Gasteiger partial charge in [0.25, 0.3) is 0 Å². The van der Waals surface area contributed by atoms with Crippen LogP contribution in [-0.2, 0) is 0 Å². The van der Waals surface area contributed by atoms with E-state index in [0.29, 0.717) is 26.9 Å². The third kappa shape index (κ3) is 3.04. The number of halogens is 4. The van der Waals surface area contributed by atoms with Gasteiger partial charge in [0.2, 0.25) is 0 Å². The predicted octanol–water partition coefficient (Wildman–Crippen LogP) is 5.63. The second-order valence-electron chi connectivity index (χ2n) is 3.88. The lowest BCUT2D eigenvalue weighted by Gasteiger charge is -2.17. The third-order valence-corrected chi connectivity index (χ3v) is 4.33. The molecule has 0 spiro atoms. The van der Waals surface area contributed by atoms with Crippen molar-refractivity contribution in [1.29, 1.82) is 0 Å². The number of hydrogen-bond acceptors (Lipinski definition) is 1. The molecule has 0 aliphatic heterocycles. The molecule has 2 aromatic rings. The van der Waals surface area contributed by atoms with Crippen molar-refractivity contribution in [2.24, 2.45) is 0 Å². The Hall–Kier alpha value is -0.770. The van der Waals surface area contributed by atoms with Crippen molar-refractivity contribution >= 4 is 39.1 Å². The Labute approximate surface area is 129 Å². The smallest absolute Gasteiger partial charge is 0.123 e. The van der Waals surface area contributed by atoms with Gasteiger partial charge in [0.15, 0.2) is 0 Å². The standard InChI is InChI=1S/C14H10BrCl2FO/c1-19-12-6-5-8(18)7-9(12)14(15)13-10(16)3-2-4-11(13)17/h2-7,14H,1H3. The van der Waals surface area contributed by atoms with Crippen molar-refractivity contribution in [2.75, 3.05) is 7.11 Å². The molecule has 1 unspecified atom stereocenters. The van der Waals surface area contributed by atoms with Gasteiger partial charge in [-0.25, -0.2) is 4.39 Å². The molecule has 0 saturated carbocycles. The van der Waals surface area contributed by atoms with Gasteiger partial charge in [0, 0.05) is 21.2 Å². The molecule has 5 heteroatoms. The van der Waals surface area contributed by atoms with Gasteiger partial charge < -0.3 is 4.74 Å². The van der Waals surface area contributed by atoms with Crippen LogP contribution < -0.4 is 4.74 Å². The van der Waals surface area contributed by atoms with E-state index in [4.69, 9.17) is 27.9 Å². The maximum absolute atomic E-state index is 13.4. The summed E-state index contributed by atoms with van der Waals surface area (Å²) in [7, 11) is 1.53. The second-order valence-corrected chi connectivity index (χ2v) is 5.61. The SMILES string of the molecule is COc1ccc(F)cc1C(Br)c1c(Cl)cccc1Cl. The molecule has 0 amide bonds. The number of alkyl halides is 1. The van der Waals surface area contributed by atoms with E-state index in [0.717, 1.165) is 0 Å². The van der Waals surface area contributed by atoms with Crippen LogP contribution >= 0.6 is 39.1 Å². The Bertz CT molecular complexity index is 584. The first-order valence-corrected chi connectivity index (χ1v) is 7.13. The van der Waals surface area contributed by atoms with Crippen LogP contribution in [-0.4, -0.2) is 7.11 Å². The van der Waals surface area contributed by atoms with Crippen LogP contribution in [0, 0.1) is 5.82 Å². The molecule has 0 fully saturated rings. The molecule has 2 rings (SSSR count). The van der Waals surface area contributed by atoms with E-state index in [-0.39, 0.29) is 10.6 Å². The summed E-state index contributed by atoms with van der Waals surface area (Å²) in [5.41, 5.74) is 1.33. The molecule has 19 heavy (non-hydrogen) atoms. The molecule has 0 aliphatic rings. The molecule has 100 valence electrons. The number of hydrogen-bond donors (Lipinski definition) is 0. The Morgan fingerprint density at radius 3 is 2.37 bits per heavy atom. The topological polar surface area (TPSA) is 9.23 Å². The summed E-state index contributed by atoms with van der Waals surface area (Å²) >= 11 is 15.8. The molecular weight excluding hydrogens is 354 g/mol. The van der Waals surface area contributed by atoms with Crippen LogP contribution in [0.1, 0.15) is 16.0 Å². The van der Waals surface area contributed by atoms with E-state index in [1.54, 1.807) is 24.3 Å². The summed E-state index contributed by atoms with van der Waals surface area (Å²) < 4.78 is 18.7. The van der Waals surface area contributed by atoms with E-state index in [1.165, 1.54) is 19.2 Å². The highest BCUT2D eigenvalue weighted by Gasteiger charge is 2.21. The highest BCUT2D eigenvalue weighted by atomic mass is 79.9. The summed E-state index contributed by atoms with van der Waals surface area (Å²) in [6, 6.07) is 9.56. The fourth-order valence-corrected chi connectivity index (χ4v) is 3.54. The number of benzene rings is 2. The summed E-state index contributed by atoms with van der Waals surface area (Å²) in [5.74, 6) is 0.225. The minimum atomic E-state index is -0.348. The molecule has 1 atom stereocenters. The average Bonchev–Trinajstić information content (AvgIpc) is 2.38. The molecule has 0 saturated heterocycles. The number of ether oxygens (including phenoxy) is 1. The minimum Gasteiger partial charge on any atom is -0.496 e. The lowest BCUT2D eigenvalue weighted by Crippen LogP contribution is -1.99. The quantitative estimate of drug-likeness (QED) is 0.642. The highest BCUT2D eigenvalue weighted by Crippen LogP contribution is 2.42. The normalized spacial score (nSPS) is 12.3. The van der Waals surface area contributed by atoms with Crippen molar-refractivity contribution in [3.63, 3.8) is 0 Å². The van der Waals surface area contributed by atoms with Crippen LogP contribution in [0.15, 0.2) is 36.4 Å². The van der Waals surface area contributed by atoms with Gasteiger partial charge >= 0.3 is 0 Å². The summed E-state index contributed by atoms with van der Waals surface area (Å²) in [6.45, 7) is 0. The number of rotatable bonds is 3. The lowest BCUT2D eigenvalue weighted by atomic mass is 10.0. The third-order valence-electron chi connectivity index (χ3n) is 2.72. The largest absolute Gasteiger partial charge is 0.496 e. The Kier molecular flexibility index (Phi) is 4.71. The fraction of sp³-hybridized carbons (Fsp3) is 0.143. The molecule has 0 N–H and O–H groups in total. The van der Waals surface area contributed by atoms with E-state index >= 15 is 0 Å². The average molecular weight is 364 g/mol. The first-order chi connectivity index (χ1) is 9.04. The molecule has 0 radical (unpaired) electrons. The molecule has 0 aromatic heterocycles. The first-order valence-electron chi connectivity index (χ1n) is 5.46. The van der Waals surface area contributed by atoms with Crippen molar-refractivity contribution in [2.45, 2.75) is 4.83 Å². The molecule has 2 aromatic carbocycles. The van der Waals surface area contributed by atoms with E-state index in [9.17, 15) is 4.39 Å². The van der Waals surface area contributed by atoms with E-state index in [1.807, 2.05) is 0 Å². The zero-order valence-corrected chi connectivity index (χ0v) is 13.1. The van der Waals surface area contributed by atoms with Gasteiger partial charge in [-0.05, 0) is 30.3 Å².